The Morgan fingerprint density at radius 3 is 2.42 bits per heavy atom. The molecule has 7 nitrogen and oxygen atoms in total. The van der Waals surface area contributed by atoms with E-state index >= 15 is 0 Å². The number of halogens is 3. The van der Waals surface area contributed by atoms with Crippen molar-refractivity contribution in [2.24, 2.45) is 0 Å². The molecule has 0 radical (unpaired) electrons. The number of ether oxygens (including phenoxy) is 1. The largest absolute Gasteiger partial charge is 0.494 e. The molecule has 3 aromatic carbocycles. The number of aliphatic hydroxyl groups excluding tert-OH is 1. The van der Waals surface area contributed by atoms with Crippen LogP contribution in [0.5, 0.6) is 5.75 Å². The summed E-state index contributed by atoms with van der Waals surface area (Å²) >= 11 is 6.06. The SMILES string of the molecule is COc1c(Cl)cc(CC(=O)O)cc1S(=O)(=O)Nc1cc(-c2ccccc2CO)c(F)cc1F. The Morgan fingerprint density at radius 2 is 1.79 bits per heavy atom. The maximum Gasteiger partial charge on any atom is 0.307 e. The lowest BCUT2D eigenvalue weighted by Crippen LogP contribution is -2.16. The number of nitrogens with one attached hydrogen (secondary N) is 1. The van der Waals surface area contributed by atoms with E-state index in [1.807, 2.05) is 4.72 Å². The summed E-state index contributed by atoms with van der Waals surface area (Å²) in [6.45, 7) is -0.417. The van der Waals surface area contributed by atoms with Crippen molar-refractivity contribution in [3.05, 3.63) is 76.3 Å². The highest BCUT2D eigenvalue weighted by Crippen LogP contribution is 2.36. The Hall–Kier alpha value is -3.21. The fourth-order valence-corrected chi connectivity index (χ4v) is 4.93. The van der Waals surface area contributed by atoms with Gasteiger partial charge in [0, 0.05) is 11.6 Å². The van der Waals surface area contributed by atoms with Gasteiger partial charge in [-0.05, 0) is 34.9 Å². The Balaban J connectivity index is 2.12. The van der Waals surface area contributed by atoms with E-state index in [-0.39, 0.29) is 27.5 Å². The van der Waals surface area contributed by atoms with Gasteiger partial charge in [-0.2, -0.15) is 0 Å². The smallest absolute Gasteiger partial charge is 0.307 e. The first-order valence-corrected chi connectivity index (χ1v) is 11.2. The maximum absolute atomic E-state index is 14.5. The minimum atomic E-state index is -4.55. The molecular weight excluding hydrogens is 480 g/mol. The Kier molecular flexibility index (Phi) is 7.21. The van der Waals surface area contributed by atoms with Gasteiger partial charge < -0.3 is 14.9 Å². The molecule has 3 N–H and O–H groups in total. The van der Waals surface area contributed by atoms with Gasteiger partial charge in [-0.3, -0.25) is 9.52 Å². The maximum atomic E-state index is 14.5. The molecule has 0 saturated heterocycles. The highest BCUT2D eigenvalue weighted by molar-refractivity contribution is 7.92. The summed E-state index contributed by atoms with van der Waals surface area (Å²) in [7, 11) is -3.38. The lowest BCUT2D eigenvalue weighted by molar-refractivity contribution is -0.136. The van der Waals surface area contributed by atoms with Crippen LogP contribution in [0.25, 0.3) is 11.1 Å². The predicted molar refractivity (Wildman–Crippen MR) is 118 cm³/mol. The summed E-state index contributed by atoms with van der Waals surface area (Å²) in [5, 5.41) is 18.4. The van der Waals surface area contributed by atoms with E-state index in [1.165, 1.54) is 19.2 Å². The van der Waals surface area contributed by atoms with Crippen molar-refractivity contribution >= 4 is 33.3 Å². The van der Waals surface area contributed by atoms with Gasteiger partial charge in [0.15, 0.2) is 5.75 Å². The van der Waals surface area contributed by atoms with Gasteiger partial charge in [0.2, 0.25) is 0 Å². The molecule has 0 spiro atoms. The van der Waals surface area contributed by atoms with E-state index in [4.69, 9.17) is 21.4 Å². The zero-order valence-corrected chi connectivity index (χ0v) is 18.7. The van der Waals surface area contributed by atoms with Gasteiger partial charge in [-0.1, -0.05) is 35.9 Å². The second kappa shape index (κ2) is 9.74. The molecule has 0 saturated carbocycles. The third-order valence-corrected chi connectivity index (χ3v) is 6.35. The van der Waals surface area contributed by atoms with Crippen LogP contribution >= 0.6 is 11.6 Å². The van der Waals surface area contributed by atoms with Gasteiger partial charge >= 0.3 is 5.97 Å². The number of rotatable bonds is 8. The topological polar surface area (TPSA) is 113 Å². The Labute approximate surface area is 193 Å². The number of carbonyl (C=O) groups is 1. The molecule has 11 heteroatoms. The number of hydrogen-bond donors (Lipinski definition) is 3. The van der Waals surface area contributed by atoms with E-state index in [1.54, 1.807) is 18.2 Å². The van der Waals surface area contributed by atoms with Crippen LogP contribution in [0.15, 0.2) is 53.4 Å². The van der Waals surface area contributed by atoms with Crippen molar-refractivity contribution in [2.75, 3.05) is 11.8 Å². The lowest BCUT2D eigenvalue weighted by Gasteiger charge is -2.16. The van der Waals surface area contributed by atoms with Crippen LogP contribution in [0.1, 0.15) is 11.1 Å². The lowest BCUT2D eigenvalue weighted by atomic mass is 9.99. The molecule has 0 heterocycles. The number of benzene rings is 3. The van der Waals surface area contributed by atoms with Crippen molar-refractivity contribution in [3.8, 4) is 16.9 Å². The molecule has 0 unspecified atom stereocenters. The summed E-state index contributed by atoms with van der Waals surface area (Å²) in [6.07, 6.45) is -0.515. The molecule has 0 aliphatic heterocycles. The number of methoxy groups -OCH3 is 1. The first kappa shape index (κ1) is 24.4. The number of carboxylic acid groups (broad SMARTS) is 1. The zero-order chi connectivity index (χ0) is 24.3. The number of aliphatic hydroxyl groups is 1. The monoisotopic (exact) mass is 497 g/mol. The molecule has 0 aromatic heterocycles. The fraction of sp³-hybridized carbons (Fsp3) is 0.136. The molecule has 3 aromatic rings. The van der Waals surface area contributed by atoms with E-state index in [2.05, 4.69) is 0 Å². The van der Waals surface area contributed by atoms with Gasteiger partial charge in [0.25, 0.3) is 10.0 Å². The van der Waals surface area contributed by atoms with Gasteiger partial charge in [-0.25, -0.2) is 17.2 Å². The van der Waals surface area contributed by atoms with Gasteiger partial charge in [0.1, 0.15) is 16.5 Å². The average molecular weight is 498 g/mol. The van der Waals surface area contributed by atoms with Crippen LogP contribution in [0.2, 0.25) is 5.02 Å². The Bertz CT molecular complexity index is 1330. The van der Waals surface area contributed by atoms with Crippen LogP contribution < -0.4 is 9.46 Å². The van der Waals surface area contributed by atoms with Crippen molar-refractivity contribution < 1.29 is 36.9 Å². The summed E-state index contributed by atoms with van der Waals surface area (Å²) in [4.78, 5) is 10.5. The molecular formula is C22H18ClF2NO6S. The standard InChI is InChI=1S/C22H18ClF2NO6S/c1-32-22-16(23)6-12(8-21(28)29)7-20(22)33(30,31)26-19-9-15(17(24)10-18(19)25)14-5-3-2-4-13(14)11-27/h2-7,9-10,26-27H,8,11H2,1H3,(H,28,29). The minimum absolute atomic E-state index is 0.0748. The molecule has 0 aliphatic carbocycles. The van der Waals surface area contributed by atoms with Crippen LogP contribution in [0.3, 0.4) is 0 Å². The normalized spacial score (nSPS) is 11.3. The molecule has 0 aliphatic rings. The third-order valence-electron chi connectivity index (χ3n) is 4.70. The van der Waals surface area contributed by atoms with Crippen molar-refractivity contribution in [1.29, 1.82) is 0 Å². The molecule has 0 atom stereocenters. The van der Waals surface area contributed by atoms with Gasteiger partial charge in [-0.15, -0.1) is 0 Å². The number of carboxylic acids is 1. The third kappa shape index (κ3) is 5.24. The van der Waals surface area contributed by atoms with E-state index in [0.29, 0.717) is 11.6 Å². The predicted octanol–water partition coefficient (Wildman–Crippen LogP) is 4.21. The number of aliphatic carboxylic acids is 1. The number of anilines is 1. The highest BCUT2D eigenvalue weighted by Gasteiger charge is 2.26. The fourth-order valence-electron chi connectivity index (χ4n) is 3.25. The van der Waals surface area contributed by atoms with Crippen LogP contribution in [0.4, 0.5) is 14.5 Å². The zero-order valence-electron chi connectivity index (χ0n) is 17.1. The Morgan fingerprint density at radius 1 is 1.09 bits per heavy atom. The molecule has 0 bridgehead atoms. The van der Waals surface area contributed by atoms with Crippen LogP contribution in [-0.2, 0) is 27.8 Å². The summed E-state index contributed by atoms with van der Waals surface area (Å²) in [5.41, 5.74) is -0.0242. The number of sulfonamides is 1. The van der Waals surface area contributed by atoms with Crippen molar-refractivity contribution in [1.82, 2.24) is 0 Å². The molecule has 0 amide bonds. The van der Waals surface area contributed by atoms with E-state index < -0.39 is 51.2 Å². The first-order valence-electron chi connectivity index (χ1n) is 9.36. The molecule has 174 valence electrons. The van der Waals surface area contributed by atoms with Crippen LogP contribution in [-0.4, -0.2) is 31.7 Å². The summed E-state index contributed by atoms with van der Waals surface area (Å²) in [6, 6.07) is 10.0. The molecule has 0 fully saturated rings. The molecule has 33 heavy (non-hydrogen) atoms. The quantitative estimate of drug-likeness (QED) is 0.429. The first-order chi connectivity index (χ1) is 15.6. The second-order valence-corrected chi connectivity index (χ2v) is 8.97. The minimum Gasteiger partial charge on any atom is -0.494 e. The van der Waals surface area contributed by atoms with Crippen molar-refractivity contribution in [3.63, 3.8) is 0 Å². The summed E-state index contributed by atoms with van der Waals surface area (Å²) in [5.74, 6) is -3.63. The second-order valence-electron chi connectivity index (χ2n) is 6.91. The van der Waals surface area contributed by atoms with E-state index in [9.17, 15) is 27.1 Å². The highest BCUT2D eigenvalue weighted by atomic mass is 35.5. The van der Waals surface area contributed by atoms with Crippen molar-refractivity contribution in [2.45, 2.75) is 17.9 Å². The molecule has 3 rings (SSSR count). The number of hydrogen-bond acceptors (Lipinski definition) is 5. The van der Waals surface area contributed by atoms with E-state index in [0.717, 1.165) is 12.1 Å². The average Bonchev–Trinajstić information content (AvgIpc) is 2.74. The summed E-state index contributed by atoms with van der Waals surface area (Å²) < 4.78 is 62.3. The van der Waals surface area contributed by atoms with Crippen LogP contribution in [0, 0.1) is 11.6 Å². The van der Waals surface area contributed by atoms with Gasteiger partial charge in [0.05, 0.1) is 30.8 Å².